The molecule has 4 heteroatoms. The molecule has 0 heterocycles. The number of hydrogen-bond acceptors (Lipinski definition) is 3. The first-order chi connectivity index (χ1) is 5.17. The molecule has 0 saturated carbocycles. The summed E-state index contributed by atoms with van der Waals surface area (Å²) in [6.07, 6.45) is -0.262. The van der Waals surface area contributed by atoms with E-state index in [0.29, 0.717) is 13.0 Å². The summed E-state index contributed by atoms with van der Waals surface area (Å²) >= 11 is 0. The molecule has 0 rings (SSSR count). The van der Waals surface area contributed by atoms with E-state index in [4.69, 9.17) is 0 Å². The molecular weight excluding hydrogens is 146 g/mol. The first kappa shape index (κ1) is 9.94. The van der Waals surface area contributed by atoms with Gasteiger partial charge in [-0.15, -0.1) is 0 Å². The smallest absolute Gasteiger partial charge is 0.416 e. The van der Waals surface area contributed by atoms with Crippen molar-refractivity contribution in [1.29, 1.82) is 0 Å². The normalized spacial score (nSPS) is 9.00. The SMILES string of the molecule is CCC(=O)N(CC)C(=O)OC. The van der Waals surface area contributed by atoms with E-state index in [1.165, 1.54) is 7.11 Å². The molecule has 0 aromatic carbocycles. The summed E-state index contributed by atoms with van der Waals surface area (Å²) in [5.41, 5.74) is 0. The van der Waals surface area contributed by atoms with Crippen LogP contribution in [0.3, 0.4) is 0 Å². The van der Waals surface area contributed by atoms with E-state index >= 15 is 0 Å². The molecule has 64 valence electrons. The van der Waals surface area contributed by atoms with E-state index in [-0.39, 0.29) is 5.91 Å². The Kier molecular flexibility index (Phi) is 4.26. The van der Waals surface area contributed by atoms with Crippen LogP contribution in [-0.2, 0) is 9.53 Å². The Morgan fingerprint density at radius 1 is 1.36 bits per heavy atom. The third-order valence-electron chi connectivity index (χ3n) is 1.31. The summed E-state index contributed by atoms with van der Waals surface area (Å²) in [7, 11) is 1.26. The molecule has 0 bridgehead atoms. The van der Waals surface area contributed by atoms with E-state index in [1.807, 2.05) is 0 Å². The summed E-state index contributed by atoms with van der Waals surface area (Å²) in [6.45, 7) is 3.79. The van der Waals surface area contributed by atoms with Crippen LogP contribution in [0.5, 0.6) is 0 Å². The largest absolute Gasteiger partial charge is 0.452 e. The molecular formula is C7H13NO3. The molecule has 11 heavy (non-hydrogen) atoms. The quantitative estimate of drug-likeness (QED) is 0.604. The first-order valence-electron chi connectivity index (χ1n) is 3.55. The Balaban J connectivity index is 4.15. The predicted octanol–water partition coefficient (Wildman–Crippen LogP) is 1.01. The zero-order valence-corrected chi connectivity index (χ0v) is 7.09. The van der Waals surface area contributed by atoms with Gasteiger partial charge in [0.2, 0.25) is 5.91 Å². The van der Waals surface area contributed by atoms with Crippen LogP contribution in [0.4, 0.5) is 4.79 Å². The monoisotopic (exact) mass is 159 g/mol. The molecule has 4 nitrogen and oxygen atoms in total. The standard InChI is InChI=1S/C7H13NO3/c1-4-6(9)8(5-2)7(10)11-3/h4-5H2,1-3H3. The Morgan fingerprint density at radius 3 is 2.18 bits per heavy atom. The van der Waals surface area contributed by atoms with Gasteiger partial charge < -0.3 is 4.74 Å². The average molecular weight is 159 g/mol. The molecule has 0 atom stereocenters. The third kappa shape index (κ3) is 2.57. The highest BCUT2D eigenvalue weighted by Gasteiger charge is 2.17. The fourth-order valence-corrected chi connectivity index (χ4v) is 0.708. The number of nitrogens with zero attached hydrogens (tertiary/aromatic N) is 1. The minimum atomic E-state index is -0.584. The van der Waals surface area contributed by atoms with Gasteiger partial charge in [0.05, 0.1) is 7.11 Å². The molecule has 0 N–H and O–H groups in total. The lowest BCUT2D eigenvalue weighted by molar-refractivity contribution is -0.128. The van der Waals surface area contributed by atoms with Gasteiger partial charge in [-0.1, -0.05) is 6.92 Å². The minimum absolute atomic E-state index is 0.209. The molecule has 0 aliphatic heterocycles. The van der Waals surface area contributed by atoms with Crippen LogP contribution in [0.1, 0.15) is 20.3 Å². The average Bonchev–Trinajstić information content (AvgIpc) is 2.05. The van der Waals surface area contributed by atoms with Crippen LogP contribution in [0.2, 0.25) is 0 Å². The summed E-state index contributed by atoms with van der Waals surface area (Å²) in [5.74, 6) is -0.209. The van der Waals surface area contributed by atoms with Gasteiger partial charge in [0.15, 0.2) is 0 Å². The van der Waals surface area contributed by atoms with E-state index in [1.54, 1.807) is 13.8 Å². The highest BCUT2D eigenvalue weighted by molar-refractivity contribution is 5.91. The van der Waals surface area contributed by atoms with Gasteiger partial charge in [0, 0.05) is 13.0 Å². The fourth-order valence-electron chi connectivity index (χ4n) is 0.708. The van der Waals surface area contributed by atoms with E-state index in [9.17, 15) is 9.59 Å². The van der Waals surface area contributed by atoms with E-state index in [2.05, 4.69) is 4.74 Å². The Hall–Kier alpha value is -1.06. The lowest BCUT2D eigenvalue weighted by Crippen LogP contribution is -2.35. The van der Waals surface area contributed by atoms with Gasteiger partial charge in [0.1, 0.15) is 0 Å². The van der Waals surface area contributed by atoms with E-state index < -0.39 is 6.09 Å². The molecule has 0 aliphatic carbocycles. The molecule has 0 unspecified atom stereocenters. The zero-order chi connectivity index (χ0) is 8.85. The maximum Gasteiger partial charge on any atom is 0.416 e. The number of amides is 2. The summed E-state index contributed by atoms with van der Waals surface area (Å²) in [6, 6.07) is 0. The molecule has 0 radical (unpaired) electrons. The number of carbonyl (C=O) groups excluding carboxylic acids is 2. The van der Waals surface area contributed by atoms with Crippen LogP contribution in [0.25, 0.3) is 0 Å². The van der Waals surface area contributed by atoms with Crippen molar-refractivity contribution in [2.24, 2.45) is 0 Å². The second-order valence-electron chi connectivity index (χ2n) is 1.96. The number of hydrogen-bond donors (Lipinski definition) is 0. The summed E-state index contributed by atoms with van der Waals surface area (Å²) in [4.78, 5) is 22.9. The molecule has 2 amide bonds. The van der Waals surface area contributed by atoms with Crippen molar-refractivity contribution < 1.29 is 14.3 Å². The predicted molar refractivity (Wildman–Crippen MR) is 40.1 cm³/mol. The fraction of sp³-hybridized carbons (Fsp3) is 0.714. The molecule has 0 spiro atoms. The van der Waals surface area contributed by atoms with Crippen molar-refractivity contribution in [3.8, 4) is 0 Å². The van der Waals surface area contributed by atoms with Gasteiger partial charge in [0.25, 0.3) is 0 Å². The van der Waals surface area contributed by atoms with Gasteiger partial charge in [-0.25, -0.2) is 9.69 Å². The second kappa shape index (κ2) is 4.71. The molecule has 0 aromatic heterocycles. The maximum absolute atomic E-state index is 11.0. The zero-order valence-electron chi connectivity index (χ0n) is 7.09. The third-order valence-corrected chi connectivity index (χ3v) is 1.31. The van der Waals surface area contributed by atoms with Crippen LogP contribution in [-0.4, -0.2) is 30.6 Å². The maximum atomic E-state index is 11.0. The van der Waals surface area contributed by atoms with Crippen LogP contribution < -0.4 is 0 Å². The Bertz CT molecular complexity index is 140. The molecule has 0 saturated heterocycles. The number of imide groups is 1. The lowest BCUT2D eigenvalue weighted by atomic mass is 10.4. The van der Waals surface area contributed by atoms with Crippen molar-refractivity contribution in [3.05, 3.63) is 0 Å². The van der Waals surface area contributed by atoms with Gasteiger partial charge >= 0.3 is 6.09 Å². The first-order valence-corrected chi connectivity index (χ1v) is 3.55. The molecule has 0 aliphatic rings. The molecule has 0 aromatic rings. The van der Waals surface area contributed by atoms with Crippen molar-refractivity contribution in [1.82, 2.24) is 4.90 Å². The Labute approximate surface area is 66.1 Å². The number of ether oxygens (including phenoxy) is 1. The number of carbonyl (C=O) groups is 2. The van der Waals surface area contributed by atoms with Gasteiger partial charge in [-0.05, 0) is 6.92 Å². The van der Waals surface area contributed by atoms with Crippen LogP contribution in [0, 0.1) is 0 Å². The highest BCUT2D eigenvalue weighted by Crippen LogP contribution is 1.96. The van der Waals surface area contributed by atoms with Gasteiger partial charge in [-0.3, -0.25) is 4.79 Å². The van der Waals surface area contributed by atoms with Crippen LogP contribution in [0.15, 0.2) is 0 Å². The minimum Gasteiger partial charge on any atom is -0.452 e. The summed E-state index contributed by atoms with van der Waals surface area (Å²) in [5, 5.41) is 0. The van der Waals surface area contributed by atoms with Gasteiger partial charge in [-0.2, -0.15) is 0 Å². The van der Waals surface area contributed by atoms with Crippen molar-refractivity contribution in [2.45, 2.75) is 20.3 Å². The Morgan fingerprint density at radius 2 is 1.91 bits per heavy atom. The highest BCUT2D eigenvalue weighted by atomic mass is 16.5. The van der Waals surface area contributed by atoms with E-state index in [0.717, 1.165) is 4.90 Å². The van der Waals surface area contributed by atoms with Crippen molar-refractivity contribution in [3.63, 3.8) is 0 Å². The van der Waals surface area contributed by atoms with Crippen molar-refractivity contribution >= 4 is 12.0 Å². The number of methoxy groups -OCH3 is 1. The summed E-state index contributed by atoms with van der Waals surface area (Å²) < 4.78 is 4.39. The number of rotatable bonds is 2. The van der Waals surface area contributed by atoms with Crippen molar-refractivity contribution in [2.75, 3.05) is 13.7 Å². The lowest BCUT2D eigenvalue weighted by Gasteiger charge is -2.15. The van der Waals surface area contributed by atoms with Crippen LogP contribution >= 0.6 is 0 Å². The molecule has 0 fully saturated rings. The topological polar surface area (TPSA) is 46.6 Å². The second-order valence-corrected chi connectivity index (χ2v) is 1.96.